The van der Waals surface area contributed by atoms with Crippen molar-refractivity contribution in [3.8, 4) is 11.1 Å². The van der Waals surface area contributed by atoms with Gasteiger partial charge in [0, 0.05) is 10.5 Å². The van der Waals surface area contributed by atoms with Gasteiger partial charge in [-0.15, -0.1) is 11.8 Å². The van der Waals surface area contributed by atoms with E-state index in [4.69, 9.17) is 9.15 Å². The van der Waals surface area contributed by atoms with Crippen LogP contribution in [-0.4, -0.2) is 18.8 Å². The number of aryl methyl sites for hydroxylation is 1. The molecule has 0 fully saturated rings. The summed E-state index contributed by atoms with van der Waals surface area (Å²) in [5.41, 5.74) is 0.596. The molecule has 0 radical (unpaired) electrons. The van der Waals surface area contributed by atoms with Crippen LogP contribution in [0.4, 0.5) is 0 Å². The van der Waals surface area contributed by atoms with E-state index in [2.05, 4.69) is 0 Å². The molecule has 1 aromatic carbocycles. The molecule has 0 unspecified atom stereocenters. The molecule has 21 heavy (non-hydrogen) atoms. The fourth-order valence-electron chi connectivity index (χ4n) is 2.01. The first kappa shape index (κ1) is 15.4. The Morgan fingerprint density at radius 1 is 1.29 bits per heavy atom. The number of hydrogen-bond acceptors (Lipinski definition) is 5. The highest BCUT2D eigenvalue weighted by Gasteiger charge is 2.20. The minimum absolute atomic E-state index is 0.0562. The van der Waals surface area contributed by atoms with Crippen LogP contribution in [0.1, 0.15) is 23.0 Å². The van der Waals surface area contributed by atoms with Crippen molar-refractivity contribution in [1.82, 2.24) is 0 Å². The van der Waals surface area contributed by atoms with E-state index >= 15 is 0 Å². The zero-order valence-electron chi connectivity index (χ0n) is 12.1. The highest BCUT2D eigenvalue weighted by molar-refractivity contribution is 7.98. The van der Waals surface area contributed by atoms with Crippen LogP contribution in [0.25, 0.3) is 11.1 Å². The number of hydrogen-bond donors (Lipinski definition) is 0. The maximum atomic E-state index is 12.0. The van der Waals surface area contributed by atoms with Crippen LogP contribution >= 0.6 is 11.8 Å². The van der Waals surface area contributed by atoms with Gasteiger partial charge < -0.3 is 9.15 Å². The number of rotatable bonds is 4. The SMILES string of the molecule is CCOC(=O)c1c(-c2ccc(SC)cc2)cc(C)oc1=O. The first-order chi connectivity index (χ1) is 10.1. The quantitative estimate of drug-likeness (QED) is 0.639. The lowest BCUT2D eigenvalue weighted by Crippen LogP contribution is -2.18. The summed E-state index contributed by atoms with van der Waals surface area (Å²) in [6.45, 7) is 3.58. The second-order valence-corrected chi connectivity index (χ2v) is 5.26. The van der Waals surface area contributed by atoms with E-state index in [0.717, 1.165) is 10.5 Å². The van der Waals surface area contributed by atoms with Crippen LogP contribution < -0.4 is 5.63 Å². The Bertz CT molecular complexity index is 701. The summed E-state index contributed by atoms with van der Waals surface area (Å²) in [7, 11) is 0. The Morgan fingerprint density at radius 2 is 1.95 bits per heavy atom. The van der Waals surface area contributed by atoms with E-state index in [1.807, 2.05) is 30.5 Å². The van der Waals surface area contributed by atoms with Gasteiger partial charge in [-0.2, -0.15) is 0 Å². The van der Waals surface area contributed by atoms with Gasteiger partial charge in [-0.25, -0.2) is 9.59 Å². The largest absolute Gasteiger partial charge is 0.462 e. The minimum atomic E-state index is -0.669. The Balaban J connectivity index is 2.60. The number of esters is 1. The molecule has 0 spiro atoms. The second kappa shape index (κ2) is 6.63. The van der Waals surface area contributed by atoms with Crippen LogP contribution in [0.15, 0.2) is 44.4 Å². The second-order valence-electron chi connectivity index (χ2n) is 4.38. The highest BCUT2D eigenvalue weighted by atomic mass is 32.2. The minimum Gasteiger partial charge on any atom is -0.462 e. The Morgan fingerprint density at radius 3 is 2.52 bits per heavy atom. The predicted octanol–water partition coefficient (Wildman–Crippen LogP) is 3.51. The van der Waals surface area contributed by atoms with Gasteiger partial charge in [-0.3, -0.25) is 0 Å². The fourth-order valence-corrected chi connectivity index (χ4v) is 2.42. The number of ether oxygens (including phenoxy) is 1. The fraction of sp³-hybridized carbons (Fsp3) is 0.250. The lowest BCUT2D eigenvalue weighted by Gasteiger charge is -2.09. The van der Waals surface area contributed by atoms with Crippen molar-refractivity contribution in [3.63, 3.8) is 0 Å². The van der Waals surface area contributed by atoms with Gasteiger partial charge in [0.05, 0.1) is 6.61 Å². The average molecular weight is 304 g/mol. The zero-order valence-corrected chi connectivity index (χ0v) is 13.0. The van der Waals surface area contributed by atoms with Crippen LogP contribution in [0.5, 0.6) is 0 Å². The Labute approximate surface area is 127 Å². The van der Waals surface area contributed by atoms with Crippen LogP contribution in [0, 0.1) is 6.92 Å². The van der Waals surface area contributed by atoms with Gasteiger partial charge >= 0.3 is 11.6 Å². The van der Waals surface area contributed by atoms with Gasteiger partial charge in [0.15, 0.2) is 5.56 Å². The number of carbonyl (C=O) groups is 1. The summed E-state index contributed by atoms with van der Waals surface area (Å²) in [6.07, 6.45) is 1.99. The standard InChI is InChI=1S/C16H16O4S/c1-4-19-15(17)14-13(9-10(2)20-16(14)18)11-5-7-12(21-3)8-6-11/h5-9H,4H2,1-3H3. The lowest BCUT2D eigenvalue weighted by atomic mass is 10.0. The first-order valence-corrected chi connectivity index (χ1v) is 7.75. The zero-order chi connectivity index (χ0) is 15.4. The van der Waals surface area contributed by atoms with Crippen molar-refractivity contribution >= 4 is 17.7 Å². The number of carbonyl (C=O) groups excluding carboxylic acids is 1. The molecule has 0 saturated heterocycles. The normalized spacial score (nSPS) is 10.4. The monoisotopic (exact) mass is 304 g/mol. The van der Waals surface area contributed by atoms with Gasteiger partial charge in [0.2, 0.25) is 0 Å². The molecular formula is C16H16O4S. The van der Waals surface area contributed by atoms with E-state index < -0.39 is 11.6 Å². The first-order valence-electron chi connectivity index (χ1n) is 6.53. The van der Waals surface area contributed by atoms with Gasteiger partial charge in [-0.05, 0) is 43.9 Å². The summed E-state index contributed by atoms with van der Waals surface area (Å²) >= 11 is 1.63. The van der Waals surface area contributed by atoms with Crippen molar-refractivity contribution in [3.05, 3.63) is 52.1 Å². The molecule has 0 aliphatic heterocycles. The van der Waals surface area contributed by atoms with Crippen LogP contribution in [0.3, 0.4) is 0 Å². The molecule has 0 saturated carbocycles. The van der Waals surface area contributed by atoms with E-state index in [0.29, 0.717) is 11.3 Å². The Kier molecular flexibility index (Phi) is 4.85. The summed E-state index contributed by atoms with van der Waals surface area (Å²) in [4.78, 5) is 25.1. The van der Waals surface area contributed by atoms with Gasteiger partial charge in [0.25, 0.3) is 0 Å². The molecule has 0 N–H and O–H groups in total. The van der Waals surface area contributed by atoms with Crippen molar-refractivity contribution in [2.24, 2.45) is 0 Å². The topological polar surface area (TPSA) is 56.5 Å². The third-order valence-corrected chi connectivity index (χ3v) is 3.70. The summed E-state index contributed by atoms with van der Waals surface area (Å²) in [5.74, 6) is -0.202. The lowest BCUT2D eigenvalue weighted by molar-refractivity contribution is 0.0522. The van der Waals surface area contributed by atoms with E-state index in [1.165, 1.54) is 0 Å². The van der Waals surface area contributed by atoms with Crippen molar-refractivity contribution in [2.75, 3.05) is 12.9 Å². The van der Waals surface area contributed by atoms with Crippen LogP contribution in [0.2, 0.25) is 0 Å². The number of thioether (sulfide) groups is 1. The van der Waals surface area contributed by atoms with Gasteiger partial charge in [0.1, 0.15) is 5.76 Å². The smallest absolute Gasteiger partial charge is 0.351 e. The molecule has 5 heteroatoms. The van der Waals surface area contributed by atoms with Crippen LogP contribution in [-0.2, 0) is 4.74 Å². The van der Waals surface area contributed by atoms with E-state index in [1.54, 1.807) is 31.7 Å². The summed E-state index contributed by atoms with van der Waals surface area (Å²) in [5, 5.41) is 0. The Hall–Kier alpha value is -2.01. The molecule has 2 aromatic rings. The van der Waals surface area contributed by atoms with E-state index in [9.17, 15) is 9.59 Å². The third-order valence-electron chi connectivity index (χ3n) is 2.96. The summed E-state index contributed by atoms with van der Waals surface area (Å²) < 4.78 is 9.97. The third kappa shape index (κ3) is 3.36. The molecule has 0 atom stereocenters. The molecular weight excluding hydrogens is 288 g/mol. The number of benzene rings is 1. The molecule has 0 aliphatic rings. The average Bonchev–Trinajstić information content (AvgIpc) is 2.46. The molecule has 0 bridgehead atoms. The molecule has 110 valence electrons. The molecule has 2 rings (SSSR count). The molecule has 1 aromatic heterocycles. The van der Waals surface area contributed by atoms with Crippen molar-refractivity contribution in [1.29, 1.82) is 0 Å². The molecule has 1 heterocycles. The van der Waals surface area contributed by atoms with Gasteiger partial charge in [-0.1, -0.05) is 12.1 Å². The maximum Gasteiger partial charge on any atom is 0.351 e. The molecule has 4 nitrogen and oxygen atoms in total. The highest BCUT2D eigenvalue weighted by Crippen LogP contribution is 2.26. The van der Waals surface area contributed by atoms with E-state index in [-0.39, 0.29) is 12.2 Å². The maximum absolute atomic E-state index is 12.0. The summed E-state index contributed by atoms with van der Waals surface area (Å²) in [6, 6.07) is 9.32. The van der Waals surface area contributed by atoms with Crippen molar-refractivity contribution in [2.45, 2.75) is 18.7 Å². The molecule has 0 aliphatic carbocycles. The predicted molar refractivity (Wildman–Crippen MR) is 82.9 cm³/mol. The molecule has 0 amide bonds. The van der Waals surface area contributed by atoms with Crippen molar-refractivity contribution < 1.29 is 13.9 Å².